The summed E-state index contributed by atoms with van der Waals surface area (Å²) in [6, 6.07) is -0.694. The van der Waals surface area contributed by atoms with Gasteiger partial charge in [-0.15, -0.1) is 0 Å². The summed E-state index contributed by atoms with van der Waals surface area (Å²) in [4.78, 5) is 21.1. The first kappa shape index (κ1) is 11.8. The number of nitrogens with one attached hydrogen (secondary N) is 1. The summed E-state index contributed by atoms with van der Waals surface area (Å²) in [6.45, 7) is 1.44. The van der Waals surface area contributed by atoms with Gasteiger partial charge in [0.2, 0.25) is 0 Å². The zero-order chi connectivity index (χ0) is 11.9. The second kappa shape index (κ2) is 3.39. The van der Waals surface area contributed by atoms with Crippen LogP contribution in [0.25, 0.3) is 0 Å². The molecule has 1 aliphatic rings. The van der Waals surface area contributed by atoms with Crippen molar-refractivity contribution in [3.63, 3.8) is 0 Å². The highest BCUT2D eigenvalue weighted by atomic mass is 19.4. The molecule has 15 heavy (non-hydrogen) atoms. The Morgan fingerprint density at radius 2 is 1.87 bits per heavy atom. The van der Waals surface area contributed by atoms with Crippen LogP contribution in [0, 0.1) is 5.41 Å². The van der Waals surface area contributed by atoms with Crippen LogP contribution in [0.15, 0.2) is 0 Å². The van der Waals surface area contributed by atoms with E-state index >= 15 is 0 Å². The lowest BCUT2D eigenvalue weighted by Gasteiger charge is -2.41. The largest absolute Gasteiger partial charge is 0.481 e. The van der Waals surface area contributed by atoms with Crippen molar-refractivity contribution in [1.29, 1.82) is 0 Å². The molecule has 1 rings (SSSR count). The van der Waals surface area contributed by atoms with Gasteiger partial charge in [-0.1, -0.05) is 0 Å². The van der Waals surface area contributed by atoms with E-state index in [-0.39, 0.29) is 12.8 Å². The first-order chi connectivity index (χ1) is 6.65. The quantitative estimate of drug-likeness (QED) is 0.734. The van der Waals surface area contributed by atoms with Gasteiger partial charge in [0.15, 0.2) is 0 Å². The van der Waals surface area contributed by atoms with Gasteiger partial charge in [0.25, 0.3) is 0 Å². The molecule has 0 saturated heterocycles. The third kappa shape index (κ3) is 2.40. The Bertz CT molecular complexity index is 294. The molecule has 0 bridgehead atoms. The molecule has 4 nitrogen and oxygen atoms in total. The van der Waals surface area contributed by atoms with E-state index in [2.05, 4.69) is 0 Å². The molecule has 0 atom stereocenters. The highest BCUT2D eigenvalue weighted by Crippen LogP contribution is 2.41. The van der Waals surface area contributed by atoms with Crippen LogP contribution in [-0.4, -0.2) is 29.2 Å². The molecule has 1 saturated carbocycles. The highest BCUT2D eigenvalue weighted by Gasteiger charge is 2.49. The number of halogens is 3. The van der Waals surface area contributed by atoms with Gasteiger partial charge in [-0.3, -0.25) is 9.59 Å². The summed E-state index contributed by atoms with van der Waals surface area (Å²) in [5.41, 5.74) is -1.01. The van der Waals surface area contributed by atoms with Crippen LogP contribution in [0.3, 0.4) is 0 Å². The number of amides is 1. The Balaban J connectivity index is 2.42. The van der Waals surface area contributed by atoms with E-state index in [4.69, 9.17) is 5.11 Å². The third-order valence-corrected chi connectivity index (χ3v) is 2.50. The number of carbonyl (C=O) groups is 2. The SMILES string of the molecule is CC1(C(=O)O)CC(NC(=O)C(F)(F)F)C1. The summed E-state index contributed by atoms with van der Waals surface area (Å²) in [7, 11) is 0. The maximum Gasteiger partial charge on any atom is 0.471 e. The Kier molecular flexibility index (Phi) is 2.67. The molecule has 0 unspecified atom stereocenters. The predicted octanol–water partition coefficient (Wildman–Crippen LogP) is 0.918. The Hall–Kier alpha value is -1.27. The van der Waals surface area contributed by atoms with Crippen molar-refractivity contribution in [2.24, 2.45) is 5.41 Å². The molecule has 0 aliphatic heterocycles. The van der Waals surface area contributed by atoms with Gasteiger partial charge in [0, 0.05) is 6.04 Å². The Morgan fingerprint density at radius 1 is 1.40 bits per heavy atom. The van der Waals surface area contributed by atoms with Gasteiger partial charge >= 0.3 is 18.1 Å². The van der Waals surface area contributed by atoms with Crippen LogP contribution in [-0.2, 0) is 9.59 Å². The standard InChI is InChI=1S/C8H10F3NO3/c1-7(6(14)15)2-4(3-7)12-5(13)8(9,10)11/h4H,2-3H2,1H3,(H,12,13)(H,14,15). The van der Waals surface area contributed by atoms with Crippen LogP contribution in [0.2, 0.25) is 0 Å². The predicted molar refractivity (Wildman–Crippen MR) is 43.0 cm³/mol. The third-order valence-electron chi connectivity index (χ3n) is 2.50. The van der Waals surface area contributed by atoms with E-state index in [1.54, 1.807) is 5.32 Å². The second-order valence-electron chi connectivity index (χ2n) is 3.94. The number of rotatable bonds is 2. The lowest BCUT2D eigenvalue weighted by molar-refractivity contribution is -0.177. The topological polar surface area (TPSA) is 66.4 Å². The maximum absolute atomic E-state index is 11.8. The summed E-state index contributed by atoms with van der Waals surface area (Å²) < 4.78 is 35.4. The van der Waals surface area contributed by atoms with E-state index in [1.165, 1.54) is 6.92 Å². The van der Waals surface area contributed by atoms with Crippen LogP contribution in [0.4, 0.5) is 13.2 Å². The first-order valence-electron chi connectivity index (χ1n) is 4.26. The molecular weight excluding hydrogens is 215 g/mol. The first-order valence-corrected chi connectivity index (χ1v) is 4.26. The molecule has 0 heterocycles. The van der Waals surface area contributed by atoms with Gasteiger partial charge in [-0.2, -0.15) is 13.2 Å². The fourth-order valence-corrected chi connectivity index (χ4v) is 1.57. The molecule has 0 spiro atoms. The van der Waals surface area contributed by atoms with Crippen LogP contribution in [0.1, 0.15) is 19.8 Å². The molecule has 1 fully saturated rings. The van der Waals surface area contributed by atoms with Gasteiger partial charge in [-0.05, 0) is 19.8 Å². The lowest BCUT2D eigenvalue weighted by Crippen LogP contribution is -2.55. The number of carboxylic acids is 1. The minimum atomic E-state index is -4.91. The van der Waals surface area contributed by atoms with Crippen molar-refractivity contribution in [3.8, 4) is 0 Å². The number of hydrogen-bond donors (Lipinski definition) is 2. The minimum absolute atomic E-state index is 0.0319. The fourth-order valence-electron chi connectivity index (χ4n) is 1.57. The molecule has 0 aromatic rings. The summed E-state index contributed by atoms with van der Waals surface area (Å²) >= 11 is 0. The molecule has 86 valence electrons. The molecule has 2 N–H and O–H groups in total. The zero-order valence-electron chi connectivity index (χ0n) is 7.89. The molecular formula is C8H10F3NO3. The van der Waals surface area contributed by atoms with Crippen molar-refractivity contribution in [2.45, 2.75) is 32.0 Å². The smallest absolute Gasteiger partial charge is 0.471 e. The van der Waals surface area contributed by atoms with Crippen molar-refractivity contribution in [1.82, 2.24) is 5.32 Å². The van der Waals surface area contributed by atoms with Gasteiger partial charge in [0.1, 0.15) is 0 Å². The normalized spacial score (nSPS) is 30.5. The average Bonchev–Trinajstić information content (AvgIpc) is 1.98. The lowest BCUT2D eigenvalue weighted by atomic mass is 9.67. The molecule has 0 radical (unpaired) electrons. The van der Waals surface area contributed by atoms with E-state index < -0.39 is 29.5 Å². The molecule has 0 aromatic carbocycles. The maximum atomic E-state index is 11.8. The van der Waals surface area contributed by atoms with Crippen LogP contribution >= 0.6 is 0 Å². The molecule has 7 heteroatoms. The highest BCUT2D eigenvalue weighted by molar-refractivity contribution is 5.83. The monoisotopic (exact) mass is 225 g/mol. The number of carboxylic acid groups (broad SMARTS) is 1. The van der Waals surface area contributed by atoms with Crippen LogP contribution in [0.5, 0.6) is 0 Å². The summed E-state index contributed by atoms with van der Waals surface area (Å²) in [6.07, 6.45) is -4.84. The second-order valence-corrected chi connectivity index (χ2v) is 3.94. The van der Waals surface area contributed by atoms with E-state index in [0.29, 0.717) is 0 Å². The van der Waals surface area contributed by atoms with E-state index in [0.717, 1.165) is 0 Å². The van der Waals surface area contributed by atoms with Gasteiger partial charge in [-0.25, -0.2) is 0 Å². The van der Waals surface area contributed by atoms with Crippen molar-refractivity contribution in [2.75, 3.05) is 0 Å². The summed E-state index contributed by atoms with van der Waals surface area (Å²) in [5, 5.41) is 10.4. The van der Waals surface area contributed by atoms with E-state index in [9.17, 15) is 22.8 Å². The molecule has 1 aliphatic carbocycles. The minimum Gasteiger partial charge on any atom is -0.481 e. The van der Waals surface area contributed by atoms with Gasteiger partial charge < -0.3 is 10.4 Å². The Morgan fingerprint density at radius 3 is 2.20 bits per heavy atom. The van der Waals surface area contributed by atoms with E-state index in [1.807, 2.05) is 0 Å². The number of alkyl halides is 3. The summed E-state index contributed by atoms with van der Waals surface area (Å²) in [5.74, 6) is -3.07. The number of hydrogen-bond acceptors (Lipinski definition) is 2. The van der Waals surface area contributed by atoms with Crippen LogP contribution < -0.4 is 5.32 Å². The number of aliphatic carboxylic acids is 1. The zero-order valence-corrected chi connectivity index (χ0v) is 7.89. The van der Waals surface area contributed by atoms with Gasteiger partial charge in [0.05, 0.1) is 5.41 Å². The fraction of sp³-hybridized carbons (Fsp3) is 0.750. The molecule has 1 amide bonds. The number of carbonyl (C=O) groups excluding carboxylic acids is 1. The molecule has 0 aromatic heterocycles. The van der Waals surface area contributed by atoms with Crippen molar-refractivity contribution in [3.05, 3.63) is 0 Å². The Labute approximate surface area is 83.5 Å². The average molecular weight is 225 g/mol. The van der Waals surface area contributed by atoms with Crippen molar-refractivity contribution < 1.29 is 27.9 Å². The van der Waals surface area contributed by atoms with Crippen molar-refractivity contribution >= 4 is 11.9 Å².